The van der Waals surface area contributed by atoms with E-state index in [2.05, 4.69) is 9.97 Å². The zero-order valence-electron chi connectivity index (χ0n) is 6.46. The molecule has 2 N–H and O–H groups in total. The number of hydrogen-bond donors (Lipinski definition) is 1. The molecule has 0 bridgehead atoms. The minimum Gasteiger partial charge on any atom is -0.364 e. The van der Waals surface area contributed by atoms with Gasteiger partial charge in [0.1, 0.15) is 11.5 Å². The summed E-state index contributed by atoms with van der Waals surface area (Å²) in [7, 11) is 0. The number of nitrogens with zero attached hydrogens (tertiary/aromatic N) is 2. The van der Waals surface area contributed by atoms with Gasteiger partial charge in [-0.15, -0.1) is 0 Å². The fraction of sp³-hybridized carbons (Fsp3) is 0.286. The molecule has 11 heavy (non-hydrogen) atoms. The number of amides is 1. The molecule has 58 valence electrons. The molecule has 1 heterocycles. The quantitative estimate of drug-likeness (QED) is 0.623. The van der Waals surface area contributed by atoms with Crippen LogP contribution in [-0.4, -0.2) is 15.9 Å². The molecule has 0 aliphatic carbocycles. The predicted octanol–water partition coefficient (Wildman–Crippen LogP) is 0.192. The summed E-state index contributed by atoms with van der Waals surface area (Å²) in [6.07, 6.45) is 0. The second-order valence-corrected chi connectivity index (χ2v) is 2.31. The molecule has 0 unspecified atom stereocenters. The van der Waals surface area contributed by atoms with E-state index in [9.17, 15) is 4.79 Å². The van der Waals surface area contributed by atoms with Crippen LogP contribution in [0.2, 0.25) is 0 Å². The van der Waals surface area contributed by atoms with Crippen LogP contribution in [0.3, 0.4) is 0 Å². The molecule has 0 atom stereocenters. The topological polar surface area (TPSA) is 68.9 Å². The Hall–Kier alpha value is -1.45. The van der Waals surface area contributed by atoms with Crippen LogP contribution in [-0.2, 0) is 0 Å². The second-order valence-electron chi connectivity index (χ2n) is 2.31. The zero-order chi connectivity index (χ0) is 8.43. The van der Waals surface area contributed by atoms with Crippen LogP contribution in [0.25, 0.3) is 0 Å². The Morgan fingerprint density at radius 2 is 2.09 bits per heavy atom. The molecule has 4 heteroatoms. The van der Waals surface area contributed by atoms with Gasteiger partial charge in [0.2, 0.25) is 0 Å². The van der Waals surface area contributed by atoms with Gasteiger partial charge in [0.05, 0.1) is 0 Å². The zero-order valence-corrected chi connectivity index (χ0v) is 6.46. The van der Waals surface area contributed by atoms with Crippen LogP contribution >= 0.6 is 0 Å². The van der Waals surface area contributed by atoms with Crippen LogP contribution in [0.5, 0.6) is 0 Å². The largest absolute Gasteiger partial charge is 0.364 e. The van der Waals surface area contributed by atoms with Crippen molar-refractivity contribution in [2.45, 2.75) is 13.8 Å². The first-order valence-corrected chi connectivity index (χ1v) is 3.21. The first-order chi connectivity index (χ1) is 5.09. The van der Waals surface area contributed by atoms with Gasteiger partial charge in [-0.3, -0.25) is 4.79 Å². The molecule has 0 fully saturated rings. The summed E-state index contributed by atoms with van der Waals surface area (Å²) < 4.78 is 0. The summed E-state index contributed by atoms with van der Waals surface area (Å²) in [6.45, 7) is 3.51. The van der Waals surface area contributed by atoms with E-state index < -0.39 is 5.91 Å². The van der Waals surface area contributed by atoms with Crippen LogP contribution in [0, 0.1) is 13.8 Å². The molecule has 0 saturated heterocycles. The number of aromatic nitrogens is 2. The van der Waals surface area contributed by atoms with Gasteiger partial charge in [-0.05, 0) is 19.9 Å². The summed E-state index contributed by atoms with van der Waals surface area (Å²) >= 11 is 0. The number of aryl methyl sites for hydroxylation is 2. The molecule has 0 radical (unpaired) electrons. The van der Waals surface area contributed by atoms with E-state index in [1.165, 1.54) is 0 Å². The van der Waals surface area contributed by atoms with E-state index in [0.29, 0.717) is 5.82 Å². The first kappa shape index (κ1) is 7.65. The first-order valence-electron chi connectivity index (χ1n) is 3.21. The summed E-state index contributed by atoms with van der Waals surface area (Å²) in [4.78, 5) is 18.5. The molecule has 0 spiro atoms. The second kappa shape index (κ2) is 2.65. The van der Waals surface area contributed by atoms with Gasteiger partial charge >= 0.3 is 0 Å². The number of nitrogens with two attached hydrogens (primary N) is 1. The molecule has 1 aromatic rings. The minimum absolute atomic E-state index is 0.273. The number of carbonyl (C=O) groups excluding carboxylic acids is 1. The van der Waals surface area contributed by atoms with Gasteiger partial charge in [0.15, 0.2) is 0 Å². The van der Waals surface area contributed by atoms with Gasteiger partial charge in [-0.2, -0.15) is 0 Å². The molecule has 0 aliphatic rings. The molecule has 0 aliphatic heterocycles. The molecule has 1 amide bonds. The van der Waals surface area contributed by atoms with E-state index in [0.717, 1.165) is 5.69 Å². The maximum Gasteiger partial charge on any atom is 0.267 e. The van der Waals surface area contributed by atoms with Crippen molar-refractivity contribution in [2.24, 2.45) is 5.73 Å². The lowest BCUT2D eigenvalue weighted by atomic mass is 10.3. The molecule has 1 aromatic heterocycles. The summed E-state index contributed by atoms with van der Waals surface area (Å²) in [6, 6.07) is 1.56. The highest BCUT2D eigenvalue weighted by atomic mass is 16.1. The van der Waals surface area contributed by atoms with Crippen LogP contribution in [0.4, 0.5) is 0 Å². The Morgan fingerprint density at radius 3 is 2.55 bits per heavy atom. The Kier molecular flexibility index (Phi) is 1.85. The summed E-state index contributed by atoms with van der Waals surface area (Å²) in [5.41, 5.74) is 6.05. The average molecular weight is 151 g/mol. The normalized spacial score (nSPS) is 9.64. The van der Waals surface area contributed by atoms with Gasteiger partial charge in [-0.25, -0.2) is 9.97 Å². The third-order valence-corrected chi connectivity index (χ3v) is 1.22. The van der Waals surface area contributed by atoms with Crippen molar-refractivity contribution in [1.82, 2.24) is 9.97 Å². The maximum atomic E-state index is 10.6. The van der Waals surface area contributed by atoms with Crippen molar-refractivity contribution in [3.63, 3.8) is 0 Å². The number of carbonyl (C=O) groups is 1. The Bertz CT molecular complexity index is 275. The maximum absolute atomic E-state index is 10.6. The SMILES string of the molecule is Cc1cc(C(N)=O)nc(C)n1. The highest BCUT2D eigenvalue weighted by Gasteiger charge is 2.02. The van der Waals surface area contributed by atoms with E-state index in [1.807, 2.05) is 0 Å². The highest BCUT2D eigenvalue weighted by Crippen LogP contribution is 1.98. The molecule has 0 saturated carbocycles. The third kappa shape index (κ3) is 1.73. The standard InChI is InChI=1S/C7H9N3O/c1-4-3-6(7(8)11)10-5(2)9-4/h3H,1-2H3,(H2,8,11). The van der Waals surface area contributed by atoms with Crippen molar-refractivity contribution >= 4 is 5.91 Å². The van der Waals surface area contributed by atoms with E-state index in [1.54, 1.807) is 19.9 Å². The molecular weight excluding hydrogens is 142 g/mol. The van der Waals surface area contributed by atoms with Gasteiger partial charge in [0.25, 0.3) is 5.91 Å². The van der Waals surface area contributed by atoms with Crippen molar-refractivity contribution in [1.29, 1.82) is 0 Å². The third-order valence-electron chi connectivity index (χ3n) is 1.22. The van der Waals surface area contributed by atoms with Gasteiger partial charge in [-0.1, -0.05) is 0 Å². The summed E-state index contributed by atoms with van der Waals surface area (Å²) in [5.74, 6) is 0.0531. The molecule has 4 nitrogen and oxygen atoms in total. The van der Waals surface area contributed by atoms with Crippen molar-refractivity contribution < 1.29 is 4.79 Å². The monoisotopic (exact) mass is 151 g/mol. The lowest BCUT2D eigenvalue weighted by Gasteiger charge is -1.97. The lowest BCUT2D eigenvalue weighted by molar-refractivity contribution is 0.0995. The van der Waals surface area contributed by atoms with E-state index in [-0.39, 0.29) is 5.69 Å². The van der Waals surface area contributed by atoms with Crippen molar-refractivity contribution in [2.75, 3.05) is 0 Å². The predicted molar refractivity (Wildman–Crippen MR) is 40.0 cm³/mol. The molecule has 0 aromatic carbocycles. The fourth-order valence-corrected chi connectivity index (χ4v) is 0.843. The lowest BCUT2D eigenvalue weighted by Crippen LogP contribution is -2.14. The number of hydrogen-bond acceptors (Lipinski definition) is 3. The van der Waals surface area contributed by atoms with Crippen molar-refractivity contribution in [3.8, 4) is 0 Å². The van der Waals surface area contributed by atoms with Crippen molar-refractivity contribution in [3.05, 3.63) is 23.3 Å². The van der Waals surface area contributed by atoms with Gasteiger partial charge in [0, 0.05) is 5.69 Å². The van der Waals surface area contributed by atoms with Crippen LogP contribution in [0.1, 0.15) is 22.0 Å². The Morgan fingerprint density at radius 1 is 1.45 bits per heavy atom. The van der Waals surface area contributed by atoms with Crippen LogP contribution in [0.15, 0.2) is 6.07 Å². The van der Waals surface area contributed by atoms with E-state index >= 15 is 0 Å². The number of primary amides is 1. The smallest absolute Gasteiger partial charge is 0.267 e. The fourth-order valence-electron chi connectivity index (χ4n) is 0.843. The Balaban J connectivity index is 3.19. The van der Waals surface area contributed by atoms with Crippen LogP contribution < -0.4 is 5.73 Å². The van der Waals surface area contributed by atoms with Gasteiger partial charge < -0.3 is 5.73 Å². The number of rotatable bonds is 1. The molecular formula is C7H9N3O. The summed E-state index contributed by atoms with van der Waals surface area (Å²) in [5, 5.41) is 0. The highest BCUT2D eigenvalue weighted by molar-refractivity contribution is 5.90. The van der Waals surface area contributed by atoms with E-state index in [4.69, 9.17) is 5.73 Å². The minimum atomic E-state index is -0.515. The molecule has 1 rings (SSSR count). The Labute approximate surface area is 64.5 Å². The average Bonchev–Trinajstić information content (AvgIpc) is 1.85.